The third-order valence-electron chi connectivity index (χ3n) is 4.49. The summed E-state index contributed by atoms with van der Waals surface area (Å²) in [4.78, 5) is 14.8. The predicted molar refractivity (Wildman–Crippen MR) is 86.4 cm³/mol. The van der Waals surface area contributed by atoms with Crippen molar-refractivity contribution in [2.75, 3.05) is 0 Å². The highest BCUT2D eigenvalue weighted by Gasteiger charge is 2.33. The first kappa shape index (κ1) is 14.8. The van der Waals surface area contributed by atoms with E-state index >= 15 is 0 Å². The molecule has 1 amide bonds. The maximum atomic E-state index is 12.8. The number of hydrogen-bond acceptors (Lipinski definition) is 2. The average Bonchev–Trinajstić information content (AvgIpc) is 3.31. The van der Waals surface area contributed by atoms with Gasteiger partial charge >= 0.3 is 0 Å². The van der Waals surface area contributed by atoms with Gasteiger partial charge in [-0.3, -0.25) is 9.48 Å². The molecule has 4 nitrogen and oxygen atoms in total. The van der Waals surface area contributed by atoms with E-state index in [1.54, 1.807) is 0 Å². The van der Waals surface area contributed by atoms with Gasteiger partial charge in [-0.2, -0.15) is 5.10 Å². The van der Waals surface area contributed by atoms with Crippen LogP contribution in [-0.4, -0.2) is 26.6 Å². The number of amides is 1. The van der Waals surface area contributed by atoms with E-state index in [9.17, 15) is 4.79 Å². The van der Waals surface area contributed by atoms with Crippen molar-refractivity contribution in [3.05, 3.63) is 52.8 Å². The number of carbonyl (C=O) groups excluding carboxylic acids is 1. The summed E-state index contributed by atoms with van der Waals surface area (Å²) >= 11 is 0. The molecule has 0 saturated heterocycles. The summed E-state index contributed by atoms with van der Waals surface area (Å²) in [7, 11) is 1.93. The van der Waals surface area contributed by atoms with Gasteiger partial charge in [0.05, 0.1) is 12.1 Å². The molecule has 0 aliphatic heterocycles. The summed E-state index contributed by atoms with van der Waals surface area (Å²) in [6.07, 6.45) is 2.71. The summed E-state index contributed by atoms with van der Waals surface area (Å²) in [5, 5.41) is 4.41. The summed E-state index contributed by atoms with van der Waals surface area (Å²) < 4.78 is 1.86. The molecule has 0 N–H and O–H groups in total. The van der Waals surface area contributed by atoms with Gasteiger partial charge in [0, 0.05) is 30.9 Å². The molecule has 0 radical (unpaired) electrons. The molecule has 1 aromatic heterocycles. The molecule has 1 fully saturated rings. The fraction of sp³-hybridized carbons (Fsp3) is 0.444. The SMILES string of the molecule is Cc1nn(C)c(C)c1CC(=O)N(Cc1ccccc1)C1CC1. The molecule has 0 spiro atoms. The van der Waals surface area contributed by atoms with Crippen molar-refractivity contribution in [3.8, 4) is 0 Å². The Bertz CT molecular complexity index is 671. The van der Waals surface area contributed by atoms with Gasteiger partial charge in [0.25, 0.3) is 0 Å². The highest BCUT2D eigenvalue weighted by Crippen LogP contribution is 2.29. The molecule has 0 unspecified atom stereocenters. The fourth-order valence-corrected chi connectivity index (χ4v) is 2.91. The van der Waals surface area contributed by atoms with Crippen LogP contribution in [0.5, 0.6) is 0 Å². The van der Waals surface area contributed by atoms with Gasteiger partial charge in [0.1, 0.15) is 0 Å². The van der Waals surface area contributed by atoms with Crippen LogP contribution < -0.4 is 0 Å². The second-order valence-electron chi connectivity index (χ2n) is 6.19. The molecule has 116 valence electrons. The zero-order chi connectivity index (χ0) is 15.7. The topological polar surface area (TPSA) is 38.1 Å². The lowest BCUT2D eigenvalue weighted by Gasteiger charge is -2.23. The van der Waals surface area contributed by atoms with Gasteiger partial charge in [0.2, 0.25) is 5.91 Å². The van der Waals surface area contributed by atoms with Crippen LogP contribution in [0.3, 0.4) is 0 Å². The van der Waals surface area contributed by atoms with Crippen molar-refractivity contribution in [2.24, 2.45) is 7.05 Å². The zero-order valence-corrected chi connectivity index (χ0v) is 13.5. The third-order valence-corrected chi connectivity index (χ3v) is 4.49. The Morgan fingerprint density at radius 2 is 1.95 bits per heavy atom. The molecular formula is C18H23N3O. The Balaban J connectivity index is 1.76. The lowest BCUT2D eigenvalue weighted by molar-refractivity contribution is -0.131. The molecule has 0 atom stereocenters. The number of hydrogen-bond donors (Lipinski definition) is 0. The fourth-order valence-electron chi connectivity index (χ4n) is 2.91. The van der Waals surface area contributed by atoms with Crippen LogP contribution in [-0.2, 0) is 24.8 Å². The molecule has 0 bridgehead atoms. The molecule has 1 saturated carbocycles. The maximum absolute atomic E-state index is 12.8. The Labute approximate surface area is 131 Å². The van der Waals surface area contributed by atoms with Crippen molar-refractivity contribution in [2.45, 2.75) is 45.7 Å². The van der Waals surface area contributed by atoms with Crippen LogP contribution in [0.15, 0.2) is 30.3 Å². The molecule has 22 heavy (non-hydrogen) atoms. The first-order valence-electron chi connectivity index (χ1n) is 7.88. The second kappa shape index (κ2) is 5.95. The maximum Gasteiger partial charge on any atom is 0.227 e. The van der Waals surface area contributed by atoms with Gasteiger partial charge < -0.3 is 4.90 Å². The summed E-state index contributed by atoms with van der Waals surface area (Å²) in [6, 6.07) is 10.7. The Kier molecular flexibility index (Phi) is 4.01. The van der Waals surface area contributed by atoms with Gasteiger partial charge in [-0.05, 0) is 32.3 Å². The molecule has 3 rings (SSSR count). The van der Waals surface area contributed by atoms with E-state index in [0.29, 0.717) is 19.0 Å². The third kappa shape index (κ3) is 3.06. The number of nitrogens with zero attached hydrogens (tertiary/aromatic N) is 3. The standard InChI is InChI=1S/C18H23N3O/c1-13-17(14(2)20(3)19-13)11-18(22)21(16-9-10-16)12-15-7-5-4-6-8-15/h4-8,16H,9-12H2,1-3H3. The van der Waals surface area contributed by atoms with Crippen LogP contribution in [0.1, 0.15) is 35.4 Å². The Morgan fingerprint density at radius 1 is 1.27 bits per heavy atom. The molecule has 1 aliphatic rings. The number of benzene rings is 1. The van der Waals surface area contributed by atoms with Gasteiger partial charge in [0.15, 0.2) is 0 Å². The monoisotopic (exact) mass is 297 g/mol. The van der Waals surface area contributed by atoms with Crippen LogP contribution in [0.4, 0.5) is 0 Å². The smallest absolute Gasteiger partial charge is 0.227 e. The van der Waals surface area contributed by atoms with Gasteiger partial charge in [-0.15, -0.1) is 0 Å². The minimum Gasteiger partial charge on any atom is -0.335 e. The van der Waals surface area contributed by atoms with E-state index in [1.165, 1.54) is 5.56 Å². The highest BCUT2D eigenvalue weighted by atomic mass is 16.2. The molecule has 2 aromatic rings. The number of aromatic nitrogens is 2. The Morgan fingerprint density at radius 3 is 2.50 bits per heavy atom. The van der Waals surface area contributed by atoms with Crippen LogP contribution in [0.25, 0.3) is 0 Å². The Hall–Kier alpha value is -2.10. The van der Waals surface area contributed by atoms with Crippen molar-refractivity contribution in [3.63, 3.8) is 0 Å². The van der Waals surface area contributed by atoms with Crippen molar-refractivity contribution < 1.29 is 4.79 Å². The van der Waals surface area contributed by atoms with E-state index in [1.807, 2.05) is 48.7 Å². The van der Waals surface area contributed by atoms with Crippen LogP contribution in [0, 0.1) is 13.8 Å². The van der Waals surface area contributed by atoms with E-state index in [0.717, 1.165) is 29.8 Å². The molecular weight excluding hydrogens is 274 g/mol. The van der Waals surface area contributed by atoms with Crippen LogP contribution in [0.2, 0.25) is 0 Å². The zero-order valence-electron chi connectivity index (χ0n) is 13.5. The second-order valence-corrected chi connectivity index (χ2v) is 6.19. The average molecular weight is 297 g/mol. The van der Waals surface area contributed by atoms with E-state index < -0.39 is 0 Å². The van der Waals surface area contributed by atoms with Gasteiger partial charge in [-0.25, -0.2) is 0 Å². The quantitative estimate of drug-likeness (QED) is 0.851. The van der Waals surface area contributed by atoms with E-state index in [4.69, 9.17) is 0 Å². The van der Waals surface area contributed by atoms with E-state index in [2.05, 4.69) is 17.2 Å². The normalized spacial score (nSPS) is 14.1. The van der Waals surface area contributed by atoms with E-state index in [-0.39, 0.29) is 5.91 Å². The predicted octanol–water partition coefficient (Wildman–Crippen LogP) is 2.77. The lowest BCUT2D eigenvalue weighted by atomic mass is 10.1. The molecule has 4 heteroatoms. The highest BCUT2D eigenvalue weighted by molar-refractivity contribution is 5.80. The minimum atomic E-state index is 0.213. The molecule has 1 heterocycles. The summed E-state index contributed by atoms with van der Waals surface area (Å²) in [5.41, 5.74) is 4.32. The number of aryl methyl sites for hydroxylation is 2. The minimum absolute atomic E-state index is 0.213. The van der Waals surface area contributed by atoms with Gasteiger partial charge in [-0.1, -0.05) is 30.3 Å². The van der Waals surface area contributed by atoms with Crippen molar-refractivity contribution in [1.82, 2.24) is 14.7 Å². The first-order valence-corrected chi connectivity index (χ1v) is 7.88. The van der Waals surface area contributed by atoms with Crippen LogP contribution >= 0.6 is 0 Å². The number of carbonyl (C=O) groups is 1. The molecule has 1 aromatic carbocycles. The van der Waals surface area contributed by atoms with Crippen molar-refractivity contribution >= 4 is 5.91 Å². The first-order chi connectivity index (χ1) is 10.6. The van der Waals surface area contributed by atoms with Crippen molar-refractivity contribution in [1.29, 1.82) is 0 Å². The number of rotatable bonds is 5. The summed E-state index contributed by atoms with van der Waals surface area (Å²) in [6.45, 7) is 4.72. The summed E-state index contributed by atoms with van der Waals surface area (Å²) in [5.74, 6) is 0.213. The lowest BCUT2D eigenvalue weighted by Crippen LogP contribution is -2.34. The molecule has 1 aliphatic carbocycles. The largest absolute Gasteiger partial charge is 0.335 e.